The van der Waals surface area contributed by atoms with Gasteiger partial charge in [-0.1, -0.05) is 19.1 Å². The molecule has 1 rings (SSSR count). The van der Waals surface area contributed by atoms with Gasteiger partial charge >= 0.3 is 0 Å². The number of nitrogens with zero attached hydrogens (tertiary/aromatic N) is 1. The van der Waals surface area contributed by atoms with Crippen LogP contribution in [0.15, 0.2) is 12.1 Å². The molecule has 0 fully saturated rings. The monoisotopic (exact) mass is 173 g/mol. The molecule has 68 valence electrons. The predicted octanol–water partition coefficient (Wildman–Crippen LogP) is 2.93. The average molecular weight is 173 g/mol. The third kappa shape index (κ3) is 2.09. The smallest absolute Gasteiger partial charge is 0.0669 e. The third-order valence-corrected chi connectivity index (χ3v) is 2.47. The van der Waals surface area contributed by atoms with Gasteiger partial charge in [0.1, 0.15) is 0 Å². The molecule has 0 aliphatic carbocycles. The first-order valence-corrected chi connectivity index (χ1v) is 4.65. The lowest BCUT2D eigenvalue weighted by atomic mass is 9.97. The van der Waals surface area contributed by atoms with Crippen LogP contribution in [-0.2, 0) is 12.8 Å². The first-order valence-electron chi connectivity index (χ1n) is 4.65. The SMILES string of the molecule is CCc1cc(C)c(C)cc1CC#N. The quantitative estimate of drug-likeness (QED) is 0.674. The van der Waals surface area contributed by atoms with Gasteiger partial charge in [-0.15, -0.1) is 0 Å². The molecular formula is C12H15N. The van der Waals surface area contributed by atoms with E-state index in [2.05, 4.69) is 39.0 Å². The molecule has 1 heteroatoms. The van der Waals surface area contributed by atoms with E-state index in [1.54, 1.807) is 0 Å². The molecule has 0 N–H and O–H groups in total. The highest BCUT2D eigenvalue weighted by Crippen LogP contribution is 2.16. The maximum Gasteiger partial charge on any atom is 0.0669 e. The molecule has 0 aromatic heterocycles. The van der Waals surface area contributed by atoms with Crippen molar-refractivity contribution in [2.24, 2.45) is 0 Å². The maximum absolute atomic E-state index is 8.65. The van der Waals surface area contributed by atoms with E-state index in [9.17, 15) is 0 Å². The second kappa shape index (κ2) is 4.09. The molecular weight excluding hydrogens is 158 g/mol. The summed E-state index contributed by atoms with van der Waals surface area (Å²) in [4.78, 5) is 0. The summed E-state index contributed by atoms with van der Waals surface area (Å²) in [5.41, 5.74) is 5.10. The van der Waals surface area contributed by atoms with E-state index >= 15 is 0 Å². The first-order chi connectivity index (χ1) is 6.19. The normalized spacial score (nSPS) is 9.69. The molecule has 1 nitrogen and oxygen atoms in total. The predicted molar refractivity (Wildman–Crippen MR) is 54.6 cm³/mol. The summed E-state index contributed by atoms with van der Waals surface area (Å²) in [7, 11) is 0. The number of hydrogen-bond donors (Lipinski definition) is 0. The Hall–Kier alpha value is -1.29. The summed E-state index contributed by atoms with van der Waals surface area (Å²) in [6.07, 6.45) is 1.54. The number of aryl methyl sites for hydroxylation is 3. The van der Waals surface area contributed by atoms with E-state index in [-0.39, 0.29) is 0 Å². The van der Waals surface area contributed by atoms with Crippen molar-refractivity contribution in [1.82, 2.24) is 0 Å². The molecule has 0 atom stereocenters. The second-order valence-corrected chi connectivity index (χ2v) is 3.39. The Morgan fingerprint density at radius 1 is 1.15 bits per heavy atom. The molecule has 0 aliphatic rings. The van der Waals surface area contributed by atoms with Gasteiger partial charge in [0.25, 0.3) is 0 Å². The zero-order chi connectivity index (χ0) is 9.84. The molecule has 0 unspecified atom stereocenters. The zero-order valence-electron chi connectivity index (χ0n) is 8.52. The zero-order valence-corrected chi connectivity index (χ0v) is 8.52. The Morgan fingerprint density at radius 2 is 1.69 bits per heavy atom. The van der Waals surface area contributed by atoms with Gasteiger partial charge in [-0.3, -0.25) is 0 Å². The van der Waals surface area contributed by atoms with Gasteiger partial charge in [0, 0.05) is 0 Å². The van der Waals surface area contributed by atoms with E-state index in [1.165, 1.54) is 22.3 Å². The number of nitriles is 1. The fourth-order valence-electron chi connectivity index (χ4n) is 1.51. The Kier molecular flexibility index (Phi) is 3.08. The largest absolute Gasteiger partial charge is 0.198 e. The van der Waals surface area contributed by atoms with Crippen LogP contribution in [0.3, 0.4) is 0 Å². The van der Waals surface area contributed by atoms with Crippen molar-refractivity contribution in [2.45, 2.75) is 33.6 Å². The van der Waals surface area contributed by atoms with Crippen molar-refractivity contribution in [2.75, 3.05) is 0 Å². The topological polar surface area (TPSA) is 23.8 Å². The van der Waals surface area contributed by atoms with Gasteiger partial charge in [0.2, 0.25) is 0 Å². The summed E-state index contributed by atoms with van der Waals surface area (Å²) in [6, 6.07) is 6.54. The van der Waals surface area contributed by atoms with Gasteiger partial charge in [0.05, 0.1) is 12.5 Å². The minimum absolute atomic E-state index is 0.532. The maximum atomic E-state index is 8.65. The van der Waals surface area contributed by atoms with E-state index in [0.717, 1.165) is 6.42 Å². The van der Waals surface area contributed by atoms with E-state index < -0.39 is 0 Å². The van der Waals surface area contributed by atoms with Crippen molar-refractivity contribution in [3.05, 3.63) is 34.4 Å². The lowest BCUT2D eigenvalue weighted by Gasteiger charge is -2.08. The summed E-state index contributed by atoms with van der Waals surface area (Å²) in [6.45, 7) is 6.34. The molecule has 0 saturated heterocycles. The fraction of sp³-hybridized carbons (Fsp3) is 0.417. The standard InChI is InChI=1S/C12H15N/c1-4-11-7-9(2)10(3)8-12(11)5-6-13/h7-8H,4-5H2,1-3H3. The highest BCUT2D eigenvalue weighted by molar-refractivity contribution is 5.38. The van der Waals surface area contributed by atoms with Gasteiger partial charge in [0.15, 0.2) is 0 Å². The van der Waals surface area contributed by atoms with Gasteiger partial charge in [-0.2, -0.15) is 5.26 Å². The van der Waals surface area contributed by atoms with Crippen molar-refractivity contribution in [3.8, 4) is 6.07 Å². The molecule has 0 saturated carbocycles. The van der Waals surface area contributed by atoms with Crippen molar-refractivity contribution in [1.29, 1.82) is 5.26 Å². The number of benzene rings is 1. The number of hydrogen-bond acceptors (Lipinski definition) is 1. The molecule has 0 radical (unpaired) electrons. The minimum Gasteiger partial charge on any atom is -0.198 e. The molecule has 1 aromatic carbocycles. The first kappa shape index (κ1) is 9.80. The van der Waals surface area contributed by atoms with Gasteiger partial charge in [-0.05, 0) is 42.5 Å². The highest BCUT2D eigenvalue weighted by atomic mass is 14.2. The van der Waals surface area contributed by atoms with E-state index in [0.29, 0.717) is 6.42 Å². The van der Waals surface area contributed by atoms with Crippen LogP contribution in [-0.4, -0.2) is 0 Å². The third-order valence-electron chi connectivity index (χ3n) is 2.47. The van der Waals surface area contributed by atoms with Crippen molar-refractivity contribution >= 4 is 0 Å². The fourth-order valence-corrected chi connectivity index (χ4v) is 1.51. The van der Waals surface area contributed by atoms with Crippen LogP contribution in [0.25, 0.3) is 0 Å². The summed E-state index contributed by atoms with van der Waals surface area (Å²) < 4.78 is 0. The van der Waals surface area contributed by atoms with Crippen LogP contribution in [0.2, 0.25) is 0 Å². The average Bonchev–Trinajstić information content (AvgIpc) is 2.11. The molecule has 0 spiro atoms. The molecule has 0 aliphatic heterocycles. The van der Waals surface area contributed by atoms with Crippen molar-refractivity contribution in [3.63, 3.8) is 0 Å². The molecule has 0 amide bonds. The van der Waals surface area contributed by atoms with E-state index in [4.69, 9.17) is 5.26 Å². The van der Waals surface area contributed by atoms with Crippen LogP contribution in [0.4, 0.5) is 0 Å². The summed E-state index contributed by atoms with van der Waals surface area (Å²) in [5.74, 6) is 0. The van der Waals surface area contributed by atoms with E-state index in [1.807, 2.05) is 0 Å². The molecule has 0 heterocycles. The van der Waals surface area contributed by atoms with Gasteiger partial charge < -0.3 is 0 Å². The minimum atomic E-state index is 0.532. The van der Waals surface area contributed by atoms with Crippen molar-refractivity contribution < 1.29 is 0 Å². The van der Waals surface area contributed by atoms with Crippen LogP contribution in [0, 0.1) is 25.2 Å². The summed E-state index contributed by atoms with van der Waals surface area (Å²) in [5, 5.41) is 8.65. The summed E-state index contributed by atoms with van der Waals surface area (Å²) >= 11 is 0. The Balaban J connectivity index is 3.18. The Morgan fingerprint density at radius 3 is 2.15 bits per heavy atom. The van der Waals surface area contributed by atoms with Crippen LogP contribution >= 0.6 is 0 Å². The molecule has 0 bridgehead atoms. The van der Waals surface area contributed by atoms with Crippen LogP contribution < -0.4 is 0 Å². The van der Waals surface area contributed by atoms with Crippen LogP contribution in [0.1, 0.15) is 29.2 Å². The lowest BCUT2D eigenvalue weighted by Crippen LogP contribution is -1.94. The number of rotatable bonds is 2. The van der Waals surface area contributed by atoms with Crippen LogP contribution in [0.5, 0.6) is 0 Å². The Bertz CT molecular complexity index is 345. The molecule has 1 aromatic rings. The second-order valence-electron chi connectivity index (χ2n) is 3.39. The van der Waals surface area contributed by atoms with Gasteiger partial charge in [-0.25, -0.2) is 0 Å². The Labute approximate surface area is 80.0 Å². The lowest BCUT2D eigenvalue weighted by molar-refractivity contribution is 1.06. The molecule has 13 heavy (non-hydrogen) atoms. The highest BCUT2D eigenvalue weighted by Gasteiger charge is 2.02.